The standard InChI is InChI=1S/C22H21FN6O2/c1-13-25-21(28-31-13)14-8-9-18(16(23)11-14)29-10-3-2-7-19(29)22(30)26-17-6-4-5-15-12-24-27-20(15)17/h4-6,8-9,11-12,19H,2-3,7,10H2,1H3,(H,24,27)(H,26,30). The Balaban J connectivity index is 1.41. The number of carbonyl (C=O) groups is 1. The van der Waals surface area contributed by atoms with Gasteiger partial charge in [-0.25, -0.2) is 4.39 Å². The summed E-state index contributed by atoms with van der Waals surface area (Å²) >= 11 is 0. The molecular weight excluding hydrogens is 399 g/mol. The van der Waals surface area contributed by atoms with Gasteiger partial charge in [0.25, 0.3) is 0 Å². The smallest absolute Gasteiger partial charge is 0.247 e. The quantitative estimate of drug-likeness (QED) is 0.517. The summed E-state index contributed by atoms with van der Waals surface area (Å²) < 4.78 is 20.1. The van der Waals surface area contributed by atoms with Crippen LogP contribution < -0.4 is 10.2 Å². The molecule has 31 heavy (non-hydrogen) atoms. The van der Waals surface area contributed by atoms with Gasteiger partial charge in [-0.1, -0.05) is 17.3 Å². The van der Waals surface area contributed by atoms with Crippen molar-refractivity contribution in [1.82, 2.24) is 20.3 Å². The van der Waals surface area contributed by atoms with Gasteiger partial charge in [-0.15, -0.1) is 0 Å². The lowest BCUT2D eigenvalue weighted by atomic mass is 9.99. The highest BCUT2D eigenvalue weighted by Gasteiger charge is 2.31. The summed E-state index contributed by atoms with van der Waals surface area (Å²) in [5.74, 6) is 0.164. The molecule has 2 aromatic carbocycles. The summed E-state index contributed by atoms with van der Waals surface area (Å²) in [4.78, 5) is 19.2. The molecule has 1 atom stereocenters. The molecule has 2 aromatic heterocycles. The number of nitrogens with one attached hydrogen (secondary N) is 2. The minimum atomic E-state index is -0.473. The van der Waals surface area contributed by atoms with E-state index in [0.717, 1.165) is 23.7 Å². The molecular formula is C22H21FN6O2. The van der Waals surface area contributed by atoms with Gasteiger partial charge in [0.1, 0.15) is 11.9 Å². The number of aromatic amines is 1. The van der Waals surface area contributed by atoms with Gasteiger partial charge < -0.3 is 14.7 Å². The van der Waals surface area contributed by atoms with E-state index in [1.54, 1.807) is 25.3 Å². The van der Waals surface area contributed by atoms with Gasteiger partial charge in [0.15, 0.2) is 0 Å². The number of aryl methyl sites for hydroxylation is 1. The molecule has 158 valence electrons. The van der Waals surface area contributed by atoms with Crippen molar-refractivity contribution in [3.63, 3.8) is 0 Å². The lowest BCUT2D eigenvalue weighted by molar-refractivity contribution is -0.117. The average Bonchev–Trinajstić information content (AvgIpc) is 3.43. The second-order valence-corrected chi connectivity index (χ2v) is 7.64. The van der Waals surface area contributed by atoms with Crippen LogP contribution >= 0.6 is 0 Å². The largest absolute Gasteiger partial charge is 0.357 e. The molecule has 5 rings (SSSR count). The molecule has 0 aliphatic carbocycles. The maximum atomic E-state index is 15.1. The molecule has 1 aliphatic heterocycles. The number of piperidine rings is 1. The van der Waals surface area contributed by atoms with Crippen LogP contribution in [0.15, 0.2) is 47.1 Å². The minimum absolute atomic E-state index is 0.168. The van der Waals surface area contributed by atoms with Crippen LogP contribution in [-0.4, -0.2) is 38.8 Å². The van der Waals surface area contributed by atoms with Gasteiger partial charge in [0.2, 0.25) is 17.6 Å². The molecule has 0 spiro atoms. The lowest BCUT2D eigenvalue weighted by Gasteiger charge is -2.36. The normalized spacial score (nSPS) is 16.6. The van der Waals surface area contributed by atoms with Gasteiger partial charge in [-0.05, 0) is 43.5 Å². The Hall–Kier alpha value is -3.75. The van der Waals surface area contributed by atoms with Crippen LogP contribution in [-0.2, 0) is 4.79 Å². The number of rotatable bonds is 4. The Morgan fingerprint density at radius 1 is 1.29 bits per heavy atom. The second kappa shape index (κ2) is 7.82. The van der Waals surface area contributed by atoms with Gasteiger partial charge in [-0.3, -0.25) is 9.89 Å². The first-order chi connectivity index (χ1) is 15.1. The third kappa shape index (κ3) is 3.63. The van der Waals surface area contributed by atoms with E-state index < -0.39 is 11.9 Å². The topological polar surface area (TPSA) is 99.9 Å². The number of halogens is 1. The molecule has 1 amide bonds. The van der Waals surface area contributed by atoms with E-state index >= 15 is 4.39 Å². The van der Waals surface area contributed by atoms with Crippen LogP contribution in [0.4, 0.5) is 15.8 Å². The summed E-state index contributed by atoms with van der Waals surface area (Å²) in [7, 11) is 0. The molecule has 1 saturated heterocycles. The van der Waals surface area contributed by atoms with Crippen molar-refractivity contribution in [3.05, 3.63) is 54.3 Å². The molecule has 9 heteroatoms. The van der Waals surface area contributed by atoms with E-state index in [2.05, 4.69) is 25.7 Å². The van der Waals surface area contributed by atoms with Crippen LogP contribution in [0.3, 0.4) is 0 Å². The second-order valence-electron chi connectivity index (χ2n) is 7.64. The number of fused-ring (bicyclic) bond motifs is 1. The summed E-state index contributed by atoms with van der Waals surface area (Å²) in [5, 5.41) is 14.7. The SMILES string of the molecule is Cc1nc(-c2ccc(N3CCCCC3C(=O)Nc3cccc4cn[nH]c34)c(F)c2)no1. The fourth-order valence-electron chi connectivity index (χ4n) is 4.08. The van der Waals surface area contributed by atoms with Crippen LogP contribution in [0.25, 0.3) is 22.3 Å². The Morgan fingerprint density at radius 2 is 2.19 bits per heavy atom. The maximum absolute atomic E-state index is 15.1. The molecule has 1 fully saturated rings. The number of benzene rings is 2. The van der Waals surface area contributed by atoms with Crippen molar-refractivity contribution in [1.29, 1.82) is 0 Å². The number of para-hydroxylation sites is 1. The van der Waals surface area contributed by atoms with Crippen LogP contribution in [0.5, 0.6) is 0 Å². The van der Waals surface area contributed by atoms with Crippen molar-refractivity contribution in [2.45, 2.75) is 32.2 Å². The number of hydrogen-bond acceptors (Lipinski definition) is 6. The number of carbonyl (C=O) groups excluding carboxylic acids is 1. The predicted octanol–water partition coefficient (Wildman–Crippen LogP) is 4.06. The number of anilines is 2. The van der Waals surface area contributed by atoms with E-state index in [0.29, 0.717) is 41.6 Å². The van der Waals surface area contributed by atoms with Crippen LogP contribution in [0, 0.1) is 12.7 Å². The number of amides is 1. The van der Waals surface area contributed by atoms with Crippen LogP contribution in [0.1, 0.15) is 25.2 Å². The number of hydrogen-bond donors (Lipinski definition) is 2. The Morgan fingerprint density at radius 3 is 3.00 bits per heavy atom. The summed E-state index contributed by atoms with van der Waals surface area (Å²) in [6.45, 7) is 2.28. The fourth-order valence-corrected chi connectivity index (χ4v) is 4.08. The monoisotopic (exact) mass is 420 g/mol. The summed E-state index contributed by atoms with van der Waals surface area (Å²) in [6.07, 6.45) is 4.16. The molecule has 0 radical (unpaired) electrons. The zero-order valence-electron chi connectivity index (χ0n) is 16.9. The Kier molecular flexibility index (Phi) is 4.85. The fraction of sp³-hybridized carbons (Fsp3) is 0.273. The highest BCUT2D eigenvalue weighted by atomic mass is 19.1. The van der Waals surface area contributed by atoms with Gasteiger partial charge in [0, 0.05) is 24.4 Å². The molecule has 1 aliphatic rings. The molecule has 8 nitrogen and oxygen atoms in total. The predicted molar refractivity (Wildman–Crippen MR) is 114 cm³/mol. The van der Waals surface area contributed by atoms with E-state index in [4.69, 9.17) is 4.52 Å². The molecule has 0 bridgehead atoms. The van der Waals surface area contributed by atoms with E-state index in [-0.39, 0.29) is 5.91 Å². The van der Waals surface area contributed by atoms with Crippen molar-refractivity contribution >= 4 is 28.2 Å². The highest BCUT2D eigenvalue weighted by Crippen LogP contribution is 2.31. The molecule has 0 saturated carbocycles. The highest BCUT2D eigenvalue weighted by molar-refractivity contribution is 6.03. The zero-order chi connectivity index (χ0) is 21.4. The molecule has 3 heterocycles. The third-order valence-corrected chi connectivity index (χ3v) is 5.58. The lowest BCUT2D eigenvalue weighted by Crippen LogP contribution is -2.47. The maximum Gasteiger partial charge on any atom is 0.247 e. The molecule has 2 N–H and O–H groups in total. The van der Waals surface area contributed by atoms with E-state index in [1.165, 1.54) is 6.07 Å². The van der Waals surface area contributed by atoms with Gasteiger partial charge in [-0.2, -0.15) is 10.1 Å². The first kappa shape index (κ1) is 19.2. The van der Waals surface area contributed by atoms with Crippen molar-refractivity contribution in [2.24, 2.45) is 0 Å². The van der Waals surface area contributed by atoms with Gasteiger partial charge >= 0.3 is 0 Å². The van der Waals surface area contributed by atoms with E-state index in [1.807, 2.05) is 23.1 Å². The van der Waals surface area contributed by atoms with Crippen LogP contribution in [0.2, 0.25) is 0 Å². The Bertz CT molecular complexity index is 1250. The molecule has 4 aromatic rings. The van der Waals surface area contributed by atoms with Crippen molar-refractivity contribution in [2.75, 3.05) is 16.8 Å². The number of H-pyrrole nitrogens is 1. The summed E-state index contributed by atoms with van der Waals surface area (Å²) in [6, 6.07) is 9.95. The number of nitrogens with zero attached hydrogens (tertiary/aromatic N) is 4. The summed E-state index contributed by atoms with van der Waals surface area (Å²) in [5.41, 5.74) is 2.35. The first-order valence-electron chi connectivity index (χ1n) is 10.2. The first-order valence-corrected chi connectivity index (χ1v) is 10.2. The molecule has 1 unspecified atom stereocenters. The number of aromatic nitrogens is 4. The third-order valence-electron chi connectivity index (χ3n) is 5.58. The van der Waals surface area contributed by atoms with Gasteiger partial charge in [0.05, 0.1) is 23.1 Å². The average molecular weight is 420 g/mol. The Labute approximate surface area is 177 Å². The van der Waals surface area contributed by atoms with Crippen molar-refractivity contribution in [3.8, 4) is 11.4 Å². The zero-order valence-corrected chi connectivity index (χ0v) is 16.9. The minimum Gasteiger partial charge on any atom is -0.357 e. The van der Waals surface area contributed by atoms with Crippen molar-refractivity contribution < 1.29 is 13.7 Å². The van der Waals surface area contributed by atoms with E-state index in [9.17, 15) is 4.79 Å².